The molecule has 0 aliphatic carbocycles. The van der Waals surface area contributed by atoms with Crippen LogP contribution in [0.1, 0.15) is 61.4 Å². The van der Waals surface area contributed by atoms with Gasteiger partial charge in [-0.05, 0) is 74.1 Å². The number of nitrogens with zero attached hydrogens (tertiary/aromatic N) is 3. The molecule has 42 heavy (non-hydrogen) atoms. The molecule has 1 fully saturated rings. The number of carbonyl (C=O) groups excluding carboxylic acids is 1. The Hall–Kier alpha value is -4.05. The summed E-state index contributed by atoms with van der Waals surface area (Å²) in [7, 11) is 0. The number of amides is 1. The summed E-state index contributed by atoms with van der Waals surface area (Å²) in [5.74, 6) is 2.08. The largest absolute Gasteiger partial charge is 0.493 e. The lowest BCUT2D eigenvalue weighted by molar-refractivity contribution is 0.0726. The van der Waals surface area contributed by atoms with Gasteiger partial charge in [-0.15, -0.1) is 6.58 Å². The first-order valence-electron chi connectivity index (χ1n) is 14.7. The fraction of sp³-hybridized carbons (Fsp3) is 0.364. The minimum absolute atomic E-state index is 0.0111. The minimum Gasteiger partial charge on any atom is -0.493 e. The van der Waals surface area contributed by atoms with Crippen molar-refractivity contribution in [3.63, 3.8) is 0 Å². The first kappa shape index (κ1) is 28.1. The second-order valence-electron chi connectivity index (χ2n) is 11.3. The Kier molecular flexibility index (Phi) is 8.06. The number of allylic oxidation sites excluding steroid dienone is 1. The summed E-state index contributed by atoms with van der Waals surface area (Å²) in [6, 6.07) is 16.5. The average molecular weight is 567 g/mol. The van der Waals surface area contributed by atoms with Crippen molar-refractivity contribution >= 4 is 23.0 Å². The fourth-order valence-electron chi connectivity index (χ4n) is 5.36. The molecule has 0 atom stereocenters. The Morgan fingerprint density at radius 2 is 1.83 bits per heavy atom. The number of benzene rings is 2. The van der Waals surface area contributed by atoms with Crippen LogP contribution < -0.4 is 20.9 Å². The van der Waals surface area contributed by atoms with Gasteiger partial charge in [-0.25, -0.2) is 20.8 Å². The van der Waals surface area contributed by atoms with Gasteiger partial charge in [0.25, 0.3) is 5.91 Å². The second-order valence-corrected chi connectivity index (χ2v) is 11.3. The lowest BCUT2D eigenvalue weighted by Gasteiger charge is -2.19. The Labute approximate surface area is 247 Å². The molecule has 218 valence electrons. The van der Waals surface area contributed by atoms with Crippen LogP contribution in [0.5, 0.6) is 5.75 Å². The van der Waals surface area contributed by atoms with E-state index in [1.165, 1.54) is 0 Å². The Morgan fingerprint density at radius 3 is 2.48 bits per heavy atom. The molecular weight excluding hydrogens is 528 g/mol. The van der Waals surface area contributed by atoms with Crippen LogP contribution in [0.25, 0.3) is 16.7 Å². The summed E-state index contributed by atoms with van der Waals surface area (Å²) >= 11 is 0. The molecule has 3 aliphatic heterocycles. The van der Waals surface area contributed by atoms with Crippen molar-refractivity contribution in [3.8, 4) is 16.9 Å². The zero-order chi connectivity index (χ0) is 29.1. The van der Waals surface area contributed by atoms with Gasteiger partial charge in [-0.1, -0.05) is 36.4 Å². The van der Waals surface area contributed by atoms with E-state index in [4.69, 9.17) is 19.4 Å². The summed E-state index contributed by atoms with van der Waals surface area (Å²) < 4.78 is 11.5. The van der Waals surface area contributed by atoms with Crippen molar-refractivity contribution in [1.29, 1.82) is 0 Å². The number of anilines is 2. The molecule has 3 N–H and O–H groups in total. The van der Waals surface area contributed by atoms with Crippen LogP contribution in [0.3, 0.4) is 0 Å². The smallest absolute Gasteiger partial charge is 0.273 e. The molecule has 0 unspecified atom stereocenters. The zero-order valence-corrected chi connectivity index (χ0v) is 24.3. The van der Waals surface area contributed by atoms with Crippen molar-refractivity contribution in [3.05, 3.63) is 84.3 Å². The molecule has 0 saturated carbocycles. The van der Waals surface area contributed by atoms with Gasteiger partial charge in [-0.3, -0.25) is 4.79 Å². The number of rotatable bonds is 12. The van der Waals surface area contributed by atoms with Crippen LogP contribution in [-0.4, -0.2) is 52.3 Å². The van der Waals surface area contributed by atoms with Crippen LogP contribution in [0.2, 0.25) is 0 Å². The SMILES string of the molecule is C=CCCC1(CCOc2ccc(-c3ccc(Nc4nc(C5=CCOCC5)nc5c4CN(C(C)C)C5=O)cc3)cc2)NN1. The number of ether oxygens (including phenoxy) is 2. The first-order chi connectivity index (χ1) is 20.4. The van der Waals surface area contributed by atoms with Crippen LogP contribution in [0.4, 0.5) is 11.5 Å². The summed E-state index contributed by atoms with van der Waals surface area (Å²) in [6.07, 6.45) is 7.54. The normalized spacial score (nSPS) is 17.2. The topological polar surface area (TPSA) is 120 Å². The third-order valence-electron chi connectivity index (χ3n) is 8.06. The Balaban J connectivity index is 1.14. The van der Waals surface area contributed by atoms with E-state index in [0.29, 0.717) is 43.7 Å². The lowest BCUT2D eigenvalue weighted by atomic mass is 10.0. The van der Waals surface area contributed by atoms with Gasteiger partial charge in [0.05, 0.1) is 32.0 Å². The summed E-state index contributed by atoms with van der Waals surface area (Å²) in [5, 5.41) is 3.48. The van der Waals surface area contributed by atoms with E-state index in [1.54, 1.807) is 0 Å². The second kappa shape index (κ2) is 12.1. The molecule has 3 aliphatic rings. The predicted octanol–water partition coefficient (Wildman–Crippen LogP) is 5.59. The van der Waals surface area contributed by atoms with E-state index >= 15 is 0 Å². The summed E-state index contributed by atoms with van der Waals surface area (Å²) in [5.41, 5.74) is 11.9. The molecule has 1 aromatic heterocycles. The molecule has 9 nitrogen and oxygen atoms in total. The maximum atomic E-state index is 13.2. The lowest BCUT2D eigenvalue weighted by Crippen LogP contribution is -2.31. The van der Waals surface area contributed by atoms with E-state index < -0.39 is 0 Å². The molecule has 0 spiro atoms. The van der Waals surface area contributed by atoms with Crippen molar-refractivity contribution < 1.29 is 14.3 Å². The van der Waals surface area contributed by atoms with Crippen LogP contribution in [-0.2, 0) is 11.3 Å². The molecule has 2 aromatic carbocycles. The maximum absolute atomic E-state index is 13.2. The number of hydrazine groups is 1. The number of aromatic nitrogens is 2. The van der Waals surface area contributed by atoms with Crippen LogP contribution >= 0.6 is 0 Å². The van der Waals surface area contributed by atoms with Gasteiger partial charge in [-0.2, -0.15) is 0 Å². The highest BCUT2D eigenvalue weighted by Crippen LogP contribution is 2.33. The molecule has 3 aromatic rings. The molecule has 1 amide bonds. The van der Waals surface area contributed by atoms with Crippen LogP contribution in [0.15, 0.2) is 67.3 Å². The molecule has 6 rings (SSSR count). The number of carbonyl (C=O) groups is 1. The van der Waals surface area contributed by atoms with Crippen molar-refractivity contribution in [1.82, 2.24) is 25.7 Å². The highest BCUT2D eigenvalue weighted by Gasteiger charge is 2.40. The highest BCUT2D eigenvalue weighted by molar-refractivity contribution is 5.98. The molecule has 9 heteroatoms. The number of hydrogen-bond donors (Lipinski definition) is 3. The van der Waals surface area contributed by atoms with Crippen molar-refractivity contribution in [2.45, 2.75) is 57.8 Å². The quantitative estimate of drug-likeness (QED) is 0.192. The van der Waals surface area contributed by atoms with Crippen molar-refractivity contribution in [2.75, 3.05) is 25.1 Å². The van der Waals surface area contributed by atoms with Gasteiger partial charge < -0.3 is 19.7 Å². The molecule has 1 saturated heterocycles. The van der Waals surface area contributed by atoms with Gasteiger partial charge in [0.2, 0.25) is 0 Å². The third kappa shape index (κ3) is 6.09. The monoisotopic (exact) mass is 566 g/mol. The summed E-state index contributed by atoms with van der Waals surface area (Å²) in [4.78, 5) is 24.6. The Morgan fingerprint density at radius 1 is 1.10 bits per heavy atom. The maximum Gasteiger partial charge on any atom is 0.273 e. The van der Waals surface area contributed by atoms with Crippen molar-refractivity contribution in [2.24, 2.45) is 0 Å². The molecule has 0 bridgehead atoms. The van der Waals surface area contributed by atoms with E-state index in [1.807, 2.05) is 55.2 Å². The molecular formula is C33H38N6O3. The third-order valence-corrected chi connectivity index (χ3v) is 8.06. The Bertz CT molecular complexity index is 1480. The van der Waals surface area contributed by atoms with Gasteiger partial charge in [0, 0.05) is 23.7 Å². The van der Waals surface area contributed by atoms with Crippen LogP contribution in [0, 0.1) is 0 Å². The molecule has 0 radical (unpaired) electrons. The number of nitrogens with one attached hydrogen (secondary N) is 3. The van der Waals surface area contributed by atoms with E-state index in [-0.39, 0.29) is 17.6 Å². The minimum atomic E-state index is -0.0461. The molecule has 4 heterocycles. The standard InChI is InChI=1S/C33H38N6O3/c1-4-5-16-33(37-38-33)17-20-42-27-12-8-24(9-13-27)23-6-10-26(11-7-23)34-31-28-21-39(22(2)3)32(40)29(28)35-30(36-31)25-14-18-41-19-15-25/h4,6-14,22,37-38H,1,5,15-21H2,2-3H3,(H,34,35,36). The summed E-state index contributed by atoms with van der Waals surface area (Å²) in [6.45, 7) is 10.1. The van der Waals surface area contributed by atoms with Gasteiger partial charge in [0.15, 0.2) is 5.82 Å². The van der Waals surface area contributed by atoms with E-state index in [9.17, 15) is 4.79 Å². The van der Waals surface area contributed by atoms with E-state index in [2.05, 4.69) is 47.0 Å². The average Bonchev–Trinajstić information content (AvgIpc) is 3.71. The van der Waals surface area contributed by atoms with Gasteiger partial charge in [0.1, 0.15) is 17.3 Å². The fourth-order valence-corrected chi connectivity index (χ4v) is 5.36. The predicted molar refractivity (Wildman–Crippen MR) is 164 cm³/mol. The zero-order valence-electron chi connectivity index (χ0n) is 24.3. The van der Waals surface area contributed by atoms with Gasteiger partial charge >= 0.3 is 0 Å². The number of fused-ring (bicyclic) bond motifs is 1. The van der Waals surface area contributed by atoms with E-state index in [0.717, 1.165) is 59.4 Å². The first-order valence-corrected chi connectivity index (χ1v) is 14.7. The number of hydrogen-bond acceptors (Lipinski definition) is 8. The highest BCUT2D eigenvalue weighted by atomic mass is 16.5.